The molecule has 1 aliphatic heterocycles. The first-order chi connectivity index (χ1) is 18.2. The Hall–Kier alpha value is -3.19. The van der Waals surface area contributed by atoms with Gasteiger partial charge in [-0.2, -0.15) is 0 Å². The number of nitrogens with zero attached hydrogens (tertiary/aromatic N) is 4. The Morgan fingerprint density at radius 1 is 1.03 bits per heavy atom. The minimum atomic E-state index is -0.0476. The molecular weight excluding hydrogens is 472 g/mol. The predicted molar refractivity (Wildman–Crippen MR) is 156 cm³/mol. The van der Waals surface area contributed by atoms with E-state index >= 15 is 0 Å². The molecule has 38 heavy (non-hydrogen) atoms. The number of carbonyl (C=O) groups excluding carboxylic acids is 1. The van der Waals surface area contributed by atoms with Gasteiger partial charge in [-0.1, -0.05) is 0 Å². The average molecular weight is 517 g/mol. The Bertz CT molecular complexity index is 1190. The molecule has 7 heteroatoms. The van der Waals surface area contributed by atoms with Crippen molar-refractivity contribution in [3.05, 3.63) is 64.9 Å². The van der Waals surface area contributed by atoms with Crippen LogP contribution in [-0.4, -0.2) is 66.1 Å². The molecule has 1 unspecified atom stereocenters. The van der Waals surface area contributed by atoms with Gasteiger partial charge in [-0.3, -0.25) is 4.79 Å². The summed E-state index contributed by atoms with van der Waals surface area (Å²) in [7, 11) is 4.37. The molecule has 2 heterocycles. The van der Waals surface area contributed by atoms with E-state index in [0.29, 0.717) is 24.2 Å². The van der Waals surface area contributed by atoms with Crippen LogP contribution in [-0.2, 0) is 0 Å². The topological polar surface area (TPSA) is 73.4 Å². The molecule has 1 aliphatic carbocycles. The molecule has 2 aliphatic rings. The third kappa shape index (κ3) is 6.09. The van der Waals surface area contributed by atoms with E-state index in [9.17, 15) is 4.79 Å². The quantitative estimate of drug-likeness (QED) is 0.509. The predicted octanol–water partition coefficient (Wildman–Crippen LogP) is 5.09. The molecule has 204 valence electrons. The van der Waals surface area contributed by atoms with Crippen molar-refractivity contribution in [2.24, 2.45) is 0 Å². The fourth-order valence-corrected chi connectivity index (χ4v) is 6.15. The van der Waals surface area contributed by atoms with Crippen molar-refractivity contribution < 1.29 is 4.79 Å². The average Bonchev–Trinajstić information content (AvgIpc) is 2.90. The number of rotatable bonds is 8. The molecular formula is C31H44N6O. The zero-order chi connectivity index (χ0) is 27.4. The minimum absolute atomic E-state index is 0.0476. The first-order valence-corrected chi connectivity index (χ1v) is 13.9. The Balaban J connectivity index is 1.66. The molecule has 1 fully saturated rings. The number of hydrogen-bond acceptors (Lipinski definition) is 6. The van der Waals surface area contributed by atoms with Crippen LogP contribution in [0.2, 0.25) is 0 Å². The van der Waals surface area contributed by atoms with Crippen LogP contribution in [0.5, 0.6) is 0 Å². The van der Waals surface area contributed by atoms with E-state index in [0.717, 1.165) is 47.5 Å². The van der Waals surface area contributed by atoms with Crippen molar-refractivity contribution in [1.29, 1.82) is 0 Å². The molecule has 0 radical (unpaired) electrons. The van der Waals surface area contributed by atoms with Gasteiger partial charge in [0.1, 0.15) is 6.33 Å². The van der Waals surface area contributed by atoms with E-state index in [4.69, 9.17) is 0 Å². The van der Waals surface area contributed by atoms with Gasteiger partial charge >= 0.3 is 0 Å². The molecule has 0 saturated heterocycles. The second-order valence-corrected chi connectivity index (χ2v) is 11.1. The summed E-state index contributed by atoms with van der Waals surface area (Å²) in [5.74, 6) is -0.0476. The lowest BCUT2D eigenvalue weighted by atomic mass is 9.88. The number of carbonyl (C=O) groups is 1. The number of anilines is 1. The standard InChI is InChI=1S/C31H44N6O/c1-8-37(27-11-9-26(10-12-27)36(6)7)30-15-24(25-16-32-19-33-17-25)14-28(22(30)4)31(38)34-18-29-20(2)13-21(3)35-23(29)5/h13-17,19,23,26-27,35H,8-12,18H2,1-7H3,(H,34,38). The molecule has 2 aromatic rings. The Labute approximate surface area is 228 Å². The summed E-state index contributed by atoms with van der Waals surface area (Å²) >= 11 is 0. The first kappa shape index (κ1) is 27.8. The summed E-state index contributed by atoms with van der Waals surface area (Å²) in [5.41, 5.74) is 8.34. The molecule has 0 spiro atoms. The van der Waals surface area contributed by atoms with Gasteiger partial charge in [0.05, 0.1) is 0 Å². The number of allylic oxidation sites excluding steroid dienone is 3. The van der Waals surface area contributed by atoms with E-state index in [1.807, 2.05) is 18.5 Å². The monoisotopic (exact) mass is 516 g/mol. The lowest BCUT2D eigenvalue weighted by Gasteiger charge is -2.40. The largest absolute Gasteiger partial charge is 0.382 e. The summed E-state index contributed by atoms with van der Waals surface area (Å²) in [6, 6.07) is 5.52. The molecule has 0 bridgehead atoms. The molecule has 1 aromatic heterocycles. The van der Waals surface area contributed by atoms with Crippen LogP contribution < -0.4 is 15.5 Å². The SMILES string of the molecule is CCN(c1cc(-c2cncnc2)cc(C(=O)NCC2=C(C)C=C(C)NC2C)c1C)C1CCC(N(C)C)CC1. The summed E-state index contributed by atoms with van der Waals surface area (Å²) < 4.78 is 0. The summed E-state index contributed by atoms with van der Waals surface area (Å²) in [6.07, 6.45) is 12.0. The van der Waals surface area contributed by atoms with Crippen LogP contribution in [0.4, 0.5) is 5.69 Å². The van der Waals surface area contributed by atoms with Gasteiger partial charge in [-0.15, -0.1) is 0 Å². The Morgan fingerprint density at radius 3 is 2.29 bits per heavy atom. The van der Waals surface area contributed by atoms with Crippen molar-refractivity contribution >= 4 is 11.6 Å². The van der Waals surface area contributed by atoms with Crippen molar-refractivity contribution in [3.63, 3.8) is 0 Å². The Morgan fingerprint density at radius 2 is 1.68 bits per heavy atom. The molecule has 1 atom stereocenters. The molecule has 1 aromatic carbocycles. The third-order valence-electron chi connectivity index (χ3n) is 8.35. The maximum atomic E-state index is 13.7. The number of hydrogen-bond donors (Lipinski definition) is 2. The van der Waals surface area contributed by atoms with Gasteiger partial charge in [0.25, 0.3) is 5.91 Å². The molecule has 1 amide bonds. The number of nitrogens with one attached hydrogen (secondary N) is 2. The van der Waals surface area contributed by atoms with Crippen LogP contribution in [0.25, 0.3) is 11.1 Å². The van der Waals surface area contributed by atoms with Crippen molar-refractivity contribution in [1.82, 2.24) is 25.5 Å². The van der Waals surface area contributed by atoms with E-state index in [-0.39, 0.29) is 11.9 Å². The normalized spacial score (nSPS) is 21.7. The third-order valence-corrected chi connectivity index (χ3v) is 8.35. The Kier molecular flexibility index (Phi) is 8.87. The van der Waals surface area contributed by atoms with Gasteiger partial charge < -0.3 is 20.4 Å². The highest BCUT2D eigenvalue weighted by molar-refractivity contribution is 5.99. The van der Waals surface area contributed by atoms with E-state index < -0.39 is 0 Å². The van der Waals surface area contributed by atoms with E-state index in [1.165, 1.54) is 24.0 Å². The van der Waals surface area contributed by atoms with Gasteiger partial charge in [0, 0.05) is 66.1 Å². The van der Waals surface area contributed by atoms with Gasteiger partial charge in [0.2, 0.25) is 0 Å². The summed E-state index contributed by atoms with van der Waals surface area (Å²) in [6.45, 7) is 12.1. The first-order valence-electron chi connectivity index (χ1n) is 13.9. The van der Waals surface area contributed by atoms with Crippen molar-refractivity contribution in [2.45, 2.75) is 78.4 Å². The van der Waals surface area contributed by atoms with Crippen molar-refractivity contribution in [3.8, 4) is 11.1 Å². The van der Waals surface area contributed by atoms with Crippen LogP contribution in [0.15, 0.2) is 53.8 Å². The zero-order valence-corrected chi connectivity index (χ0v) is 24.1. The maximum absolute atomic E-state index is 13.7. The number of amides is 1. The maximum Gasteiger partial charge on any atom is 0.251 e. The molecule has 2 N–H and O–H groups in total. The van der Waals surface area contributed by atoms with Gasteiger partial charge in [-0.25, -0.2) is 9.97 Å². The van der Waals surface area contributed by atoms with Crippen LogP contribution >= 0.6 is 0 Å². The summed E-state index contributed by atoms with van der Waals surface area (Å²) in [4.78, 5) is 27.0. The lowest BCUT2D eigenvalue weighted by molar-refractivity contribution is 0.0956. The highest BCUT2D eigenvalue weighted by atomic mass is 16.1. The van der Waals surface area contributed by atoms with Crippen molar-refractivity contribution in [2.75, 3.05) is 32.1 Å². The van der Waals surface area contributed by atoms with Crippen LogP contribution in [0, 0.1) is 6.92 Å². The second kappa shape index (κ2) is 12.1. The smallest absolute Gasteiger partial charge is 0.251 e. The number of benzene rings is 1. The fourth-order valence-electron chi connectivity index (χ4n) is 6.15. The molecule has 1 saturated carbocycles. The molecule has 7 nitrogen and oxygen atoms in total. The second-order valence-electron chi connectivity index (χ2n) is 11.1. The minimum Gasteiger partial charge on any atom is -0.382 e. The highest BCUT2D eigenvalue weighted by Crippen LogP contribution is 2.35. The lowest BCUT2D eigenvalue weighted by Crippen LogP contribution is -2.42. The fraction of sp³-hybridized carbons (Fsp3) is 0.516. The van der Waals surface area contributed by atoms with E-state index in [1.54, 1.807) is 6.33 Å². The molecule has 4 rings (SSSR count). The van der Waals surface area contributed by atoms with Crippen LogP contribution in [0.1, 0.15) is 69.3 Å². The van der Waals surface area contributed by atoms with Gasteiger partial charge in [0.15, 0.2) is 0 Å². The number of aromatic nitrogens is 2. The van der Waals surface area contributed by atoms with E-state index in [2.05, 4.69) is 91.3 Å². The zero-order valence-electron chi connectivity index (χ0n) is 24.1. The summed E-state index contributed by atoms with van der Waals surface area (Å²) in [5, 5.41) is 6.70. The van der Waals surface area contributed by atoms with Gasteiger partial charge in [-0.05, 0) is 115 Å². The van der Waals surface area contributed by atoms with Crippen LogP contribution in [0.3, 0.4) is 0 Å². The number of dihydropyridines is 1. The highest BCUT2D eigenvalue weighted by Gasteiger charge is 2.28.